The minimum absolute atomic E-state index is 0.00582. The third-order valence-electron chi connectivity index (χ3n) is 14.5. The number of hydrogen-bond donors (Lipinski definition) is 1. The molecule has 7 aromatic rings. The summed E-state index contributed by atoms with van der Waals surface area (Å²) in [6, 6.07) is 17.1. The molecule has 4 fully saturated rings. The van der Waals surface area contributed by atoms with Crippen molar-refractivity contribution in [1.82, 2.24) is 34.7 Å². The molecule has 19 heteroatoms. The molecule has 4 atom stereocenters. The quantitative estimate of drug-likeness (QED) is 0.161. The maximum Gasteiger partial charge on any atom is 0.227 e. The smallest absolute Gasteiger partial charge is 0.227 e. The normalized spacial score (nSPS) is 23.0. The number of amides is 2. The van der Waals surface area contributed by atoms with E-state index in [1.807, 2.05) is 87.2 Å². The molecule has 1 N–H and O–H groups in total. The van der Waals surface area contributed by atoms with Gasteiger partial charge in [-0.05, 0) is 125 Å². The van der Waals surface area contributed by atoms with E-state index in [-0.39, 0.29) is 59.0 Å². The Hall–Kier alpha value is -6.34. The Labute approximate surface area is 399 Å². The van der Waals surface area contributed by atoms with Crippen LogP contribution in [0.3, 0.4) is 0 Å². The van der Waals surface area contributed by atoms with Gasteiger partial charge in [0.2, 0.25) is 11.8 Å². The van der Waals surface area contributed by atoms with Crippen molar-refractivity contribution in [2.75, 3.05) is 34.5 Å². The van der Waals surface area contributed by atoms with Crippen LogP contribution in [0.2, 0.25) is 0 Å². The summed E-state index contributed by atoms with van der Waals surface area (Å²) in [5, 5.41) is 11.1. The van der Waals surface area contributed by atoms with Crippen LogP contribution in [0.1, 0.15) is 116 Å². The number of benzene rings is 3. The molecule has 12 rings (SSSR count). The number of nitrogens with one attached hydrogen (secondary N) is 1. The second-order valence-corrected chi connectivity index (χ2v) is 23.6. The maximum atomic E-state index is 13.3. The van der Waals surface area contributed by atoms with Gasteiger partial charge in [-0.1, -0.05) is 22.4 Å². The number of aryl methyl sites for hydroxylation is 4. The Kier molecular flexibility index (Phi) is 11.3. The first-order chi connectivity index (χ1) is 33.1. The zero-order chi connectivity index (χ0) is 47.9. The van der Waals surface area contributed by atoms with Gasteiger partial charge >= 0.3 is 0 Å². The molecule has 2 amide bonds. The summed E-state index contributed by atoms with van der Waals surface area (Å²) in [6.07, 6.45) is 5.75. The zero-order valence-corrected chi connectivity index (χ0v) is 40.7. The molecule has 17 nitrogen and oxygen atoms in total. The molecule has 3 aromatic carbocycles. The van der Waals surface area contributed by atoms with Gasteiger partial charge in [-0.2, -0.15) is 0 Å². The van der Waals surface area contributed by atoms with Crippen LogP contribution < -0.4 is 15.0 Å². The number of fused-ring (bicyclic) bond motifs is 3. The number of aromatic nitrogens is 6. The number of carbonyl (C=O) groups is 2. The number of anilines is 1. The molecule has 0 spiro atoms. The predicted molar refractivity (Wildman–Crippen MR) is 258 cm³/mol. The minimum Gasteiger partial charge on any atom is -0.493 e. The molecule has 5 aliphatic rings. The summed E-state index contributed by atoms with van der Waals surface area (Å²) in [6.45, 7) is 8.23. The summed E-state index contributed by atoms with van der Waals surface area (Å²) in [4.78, 5) is 37.0. The number of sulfone groups is 2. The summed E-state index contributed by atoms with van der Waals surface area (Å²) in [5.74, 6) is 4.52. The molecule has 9 heterocycles. The first-order valence-corrected chi connectivity index (χ1v) is 27.4. The van der Waals surface area contributed by atoms with Crippen molar-refractivity contribution in [2.24, 2.45) is 0 Å². The van der Waals surface area contributed by atoms with Crippen molar-refractivity contribution in [3.8, 4) is 28.0 Å². The van der Waals surface area contributed by atoms with Gasteiger partial charge in [0.15, 0.2) is 19.7 Å². The molecule has 4 saturated heterocycles. The molecule has 69 heavy (non-hydrogen) atoms. The van der Waals surface area contributed by atoms with Crippen molar-refractivity contribution in [2.45, 2.75) is 110 Å². The highest BCUT2D eigenvalue weighted by Crippen LogP contribution is 2.43. The average molecular weight is 975 g/mol. The van der Waals surface area contributed by atoms with Crippen LogP contribution in [-0.4, -0.2) is 87.7 Å². The van der Waals surface area contributed by atoms with E-state index in [4.69, 9.17) is 23.8 Å². The predicted octanol–water partition coefficient (Wildman–Crippen LogP) is 7.87. The SMILES string of the molecule is Cc1noc(C)c1-c1ccc2c(c1)nc([C@@H]1CCC(=O)N1)n2C1CCCS(=O)(=O)C1.Cc1noc(C)c1-c1ccc2c(c1)nc([C@@H]1CCC(=O)N1c1ccc3c(c1)CCO3)n2C1CCCS(=O)(=O)C1. The summed E-state index contributed by atoms with van der Waals surface area (Å²) < 4.78 is 70.7. The molecule has 0 saturated carbocycles. The molecule has 4 aromatic heterocycles. The fourth-order valence-electron chi connectivity index (χ4n) is 11.4. The van der Waals surface area contributed by atoms with Crippen LogP contribution >= 0.6 is 0 Å². The monoisotopic (exact) mass is 974 g/mol. The molecule has 2 unspecified atom stereocenters. The van der Waals surface area contributed by atoms with Crippen molar-refractivity contribution >= 4 is 59.2 Å². The van der Waals surface area contributed by atoms with E-state index >= 15 is 0 Å². The number of ether oxygens (including phenoxy) is 1. The van der Waals surface area contributed by atoms with Crippen LogP contribution in [0, 0.1) is 27.7 Å². The standard InChI is InChI=1S/C29H30N4O5S.C21H24N4O4S/c1-17-28(18(2)38-31-17)20-5-7-24-23(15-20)30-29(33(24)22-4-3-13-39(35,36)16-22)25-8-10-27(34)32(25)21-6-9-26-19(14-21)11-12-37-26;1-12-20(13(2)29-24-12)14-5-7-18-17(10-14)23-21(16-6-8-19(26)22-16)25(18)15-4-3-9-30(27,28)11-15/h5-7,9,14-15,22,25H,3-4,8,10-13,16H2,1-2H3;5,7,10,15-16H,3-4,6,8-9,11H2,1-2H3,(H,22,26)/t22?,25-;15?,16-/m00/s1. The van der Waals surface area contributed by atoms with E-state index < -0.39 is 19.7 Å². The Morgan fingerprint density at radius 1 is 0.652 bits per heavy atom. The highest BCUT2D eigenvalue weighted by atomic mass is 32.2. The van der Waals surface area contributed by atoms with Crippen LogP contribution in [0.4, 0.5) is 5.69 Å². The number of rotatable bonds is 7. The Balaban J connectivity index is 0.000000156. The zero-order valence-electron chi connectivity index (χ0n) is 39.0. The van der Waals surface area contributed by atoms with Gasteiger partial charge in [-0.25, -0.2) is 26.8 Å². The van der Waals surface area contributed by atoms with Crippen molar-refractivity contribution in [3.05, 3.63) is 94.7 Å². The molecule has 360 valence electrons. The van der Waals surface area contributed by atoms with Crippen molar-refractivity contribution in [3.63, 3.8) is 0 Å². The number of hydrogen-bond acceptors (Lipinski definition) is 13. The van der Waals surface area contributed by atoms with E-state index in [1.165, 1.54) is 0 Å². The largest absolute Gasteiger partial charge is 0.493 e. The van der Waals surface area contributed by atoms with Crippen molar-refractivity contribution in [1.29, 1.82) is 0 Å². The molecule has 0 aliphatic carbocycles. The lowest BCUT2D eigenvalue weighted by Crippen LogP contribution is -2.33. The van der Waals surface area contributed by atoms with E-state index in [2.05, 4.69) is 24.8 Å². The third kappa shape index (κ3) is 8.29. The lowest BCUT2D eigenvalue weighted by Gasteiger charge is -2.30. The van der Waals surface area contributed by atoms with Gasteiger partial charge in [-0.15, -0.1) is 0 Å². The number of imidazole rings is 2. The molecule has 0 bridgehead atoms. The fraction of sp³-hybridized carbons (Fsp3) is 0.440. The van der Waals surface area contributed by atoms with E-state index in [1.54, 1.807) is 0 Å². The van der Waals surface area contributed by atoms with Gasteiger partial charge in [0.05, 0.1) is 75.2 Å². The molecular formula is C50H54N8O9S2. The molecule has 5 aliphatic heterocycles. The Bertz CT molecular complexity index is 3400. The highest BCUT2D eigenvalue weighted by molar-refractivity contribution is 7.91. The Morgan fingerprint density at radius 3 is 1.77 bits per heavy atom. The number of nitrogens with zero attached hydrogens (tertiary/aromatic N) is 7. The summed E-state index contributed by atoms with van der Waals surface area (Å²) >= 11 is 0. The van der Waals surface area contributed by atoms with Crippen molar-refractivity contribution < 1.29 is 40.2 Å². The van der Waals surface area contributed by atoms with Crippen LogP contribution in [0.15, 0.2) is 63.6 Å². The molecular weight excluding hydrogens is 921 g/mol. The van der Waals surface area contributed by atoms with Crippen LogP contribution in [0.5, 0.6) is 5.75 Å². The van der Waals surface area contributed by atoms with Crippen LogP contribution in [-0.2, 0) is 35.7 Å². The fourth-order valence-corrected chi connectivity index (χ4v) is 14.7. The lowest BCUT2D eigenvalue weighted by molar-refractivity contribution is -0.119. The van der Waals surface area contributed by atoms with Gasteiger partial charge < -0.3 is 33.1 Å². The van der Waals surface area contributed by atoms with Gasteiger partial charge in [0.25, 0.3) is 0 Å². The topological polar surface area (TPSA) is 215 Å². The summed E-state index contributed by atoms with van der Waals surface area (Å²) in [7, 11) is -6.26. The third-order valence-corrected chi connectivity index (χ3v) is 18.1. The maximum absolute atomic E-state index is 13.3. The first kappa shape index (κ1) is 45.1. The van der Waals surface area contributed by atoms with E-state index in [9.17, 15) is 26.4 Å². The lowest BCUT2D eigenvalue weighted by atomic mass is 10.0. The average Bonchev–Trinajstić information content (AvgIpc) is 4.19. The second-order valence-electron chi connectivity index (χ2n) is 19.2. The number of carbonyl (C=O) groups excluding carboxylic acids is 2. The van der Waals surface area contributed by atoms with Gasteiger partial charge in [-0.3, -0.25) is 9.59 Å². The van der Waals surface area contributed by atoms with Gasteiger partial charge in [0.1, 0.15) is 28.9 Å². The first-order valence-electron chi connectivity index (χ1n) is 23.8. The minimum atomic E-state index is -3.17. The van der Waals surface area contributed by atoms with Crippen LogP contribution in [0.25, 0.3) is 44.3 Å². The van der Waals surface area contributed by atoms with Gasteiger partial charge in [0, 0.05) is 48.2 Å². The Morgan fingerprint density at radius 2 is 1.23 bits per heavy atom. The summed E-state index contributed by atoms with van der Waals surface area (Å²) in [5.41, 5.74) is 10.7. The molecule has 0 radical (unpaired) electrons. The van der Waals surface area contributed by atoms with E-state index in [0.717, 1.165) is 115 Å². The second kappa shape index (κ2) is 17.3. The van der Waals surface area contributed by atoms with E-state index in [0.29, 0.717) is 45.1 Å². The highest BCUT2D eigenvalue weighted by Gasteiger charge is 2.40.